The summed E-state index contributed by atoms with van der Waals surface area (Å²) >= 11 is 6.08. The molecule has 1 aliphatic carbocycles. The molecule has 1 amide bonds. The van der Waals surface area contributed by atoms with Crippen LogP contribution >= 0.6 is 11.6 Å². The van der Waals surface area contributed by atoms with Gasteiger partial charge in [-0.15, -0.1) is 10.2 Å². The Labute approximate surface area is 215 Å². The monoisotopic (exact) mass is 530 g/mol. The van der Waals surface area contributed by atoms with Crippen LogP contribution in [0.1, 0.15) is 41.7 Å². The molecule has 2 aromatic rings. The molecule has 2 aliphatic rings. The molecule has 0 spiro atoms. The minimum atomic E-state index is -3.43. The number of nitrogens with one attached hydrogen (secondary N) is 1. The third kappa shape index (κ3) is 6.13. The van der Waals surface area contributed by atoms with Crippen molar-refractivity contribution >= 4 is 33.3 Å². The Morgan fingerprint density at radius 3 is 2.44 bits per heavy atom. The molecular formula is C24H27ClN6O4S. The Morgan fingerprint density at radius 2 is 1.86 bits per heavy atom. The fraction of sp³-hybridized carbons (Fsp3) is 0.417. The zero-order chi connectivity index (χ0) is 25.7. The first-order valence-corrected chi connectivity index (χ1v) is 13.6. The van der Waals surface area contributed by atoms with Crippen molar-refractivity contribution in [1.82, 2.24) is 19.8 Å². The fourth-order valence-corrected chi connectivity index (χ4v) is 5.42. The third-order valence-electron chi connectivity index (χ3n) is 6.39. The molecule has 0 unspecified atom stereocenters. The molecule has 36 heavy (non-hydrogen) atoms. The van der Waals surface area contributed by atoms with Gasteiger partial charge in [-0.3, -0.25) is 4.79 Å². The van der Waals surface area contributed by atoms with E-state index in [0.29, 0.717) is 48.3 Å². The van der Waals surface area contributed by atoms with Crippen molar-refractivity contribution in [2.75, 3.05) is 31.1 Å². The molecule has 190 valence electrons. The summed E-state index contributed by atoms with van der Waals surface area (Å²) in [5, 5.41) is 21.6. The van der Waals surface area contributed by atoms with E-state index in [9.17, 15) is 13.2 Å². The molecule has 0 bridgehead atoms. The highest BCUT2D eigenvalue weighted by Gasteiger charge is 2.27. The van der Waals surface area contributed by atoms with Crippen LogP contribution in [0, 0.1) is 11.3 Å². The van der Waals surface area contributed by atoms with Crippen LogP contribution in [0.4, 0.5) is 5.82 Å². The lowest BCUT2D eigenvalue weighted by Crippen LogP contribution is -2.48. The number of amides is 1. The second-order valence-electron chi connectivity index (χ2n) is 8.69. The highest BCUT2D eigenvalue weighted by Crippen LogP contribution is 2.27. The van der Waals surface area contributed by atoms with Gasteiger partial charge in [0, 0.05) is 43.7 Å². The maximum atomic E-state index is 12.7. The van der Waals surface area contributed by atoms with E-state index < -0.39 is 10.0 Å². The molecule has 12 heteroatoms. The molecule has 1 aromatic heterocycles. The van der Waals surface area contributed by atoms with Gasteiger partial charge in [-0.25, -0.2) is 8.42 Å². The van der Waals surface area contributed by atoms with E-state index in [1.165, 1.54) is 4.31 Å². The minimum Gasteiger partial charge on any atom is -0.490 e. The van der Waals surface area contributed by atoms with Crippen LogP contribution in [0.2, 0.25) is 5.02 Å². The molecule has 10 nitrogen and oxygen atoms in total. The molecule has 1 saturated carbocycles. The maximum absolute atomic E-state index is 12.7. The van der Waals surface area contributed by atoms with Crippen LogP contribution in [-0.2, 0) is 10.0 Å². The number of sulfonamides is 1. The van der Waals surface area contributed by atoms with E-state index in [2.05, 4.69) is 22.1 Å². The summed E-state index contributed by atoms with van der Waals surface area (Å²) in [5.41, 5.74) is 0.644. The predicted molar refractivity (Wildman–Crippen MR) is 135 cm³/mol. The summed E-state index contributed by atoms with van der Waals surface area (Å²) in [6, 6.07) is 10.4. The molecule has 1 N–H and O–H groups in total. The van der Waals surface area contributed by atoms with Crippen LogP contribution < -0.4 is 15.0 Å². The van der Waals surface area contributed by atoms with E-state index in [0.717, 1.165) is 31.1 Å². The first kappa shape index (κ1) is 25.9. The number of nitrogens with zero attached hydrogens (tertiary/aromatic N) is 5. The number of ether oxygens (including phenoxy) is 1. The number of carbonyl (C=O) groups is 1. The Bertz CT molecular complexity index is 1250. The van der Waals surface area contributed by atoms with Gasteiger partial charge in [-0.05, 0) is 49.9 Å². The second-order valence-corrected chi connectivity index (χ2v) is 11.0. The third-order valence-corrected chi connectivity index (χ3v) is 8.21. The lowest BCUT2D eigenvalue weighted by Gasteiger charge is -2.33. The van der Waals surface area contributed by atoms with Gasteiger partial charge in [0.25, 0.3) is 5.91 Å². The van der Waals surface area contributed by atoms with Crippen LogP contribution in [0.25, 0.3) is 0 Å². The average Bonchev–Trinajstić information content (AvgIpc) is 2.90. The Hall–Kier alpha value is -3.20. The number of piperazine rings is 1. The normalized spacial score (nSPS) is 20.8. The van der Waals surface area contributed by atoms with Crippen LogP contribution in [0.15, 0.2) is 42.3 Å². The molecule has 2 fully saturated rings. The zero-order valence-corrected chi connectivity index (χ0v) is 21.2. The van der Waals surface area contributed by atoms with Crippen molar-refractivity contribution < 1.29 is 17.9 Å². The molecule has 1 aliphatic heterocycles. The summed E-state index contributed by atoms with van der Waals surface area (Å²) in [6.45, 7) is 4.99. The lowest BCUT2D eigenvalue weighted by atomic mass is 9.93. The summed E-state index contributed by atoms with van der Waals surface area (Å²) in [5.74, 6) is 0.951. The van der Waals surface area contributed by atoms with Crippen molar-refractivity contribution in [3.63, 3.8) is 0 Å². The minimum absolute atomic E-state index is 0.0168. The number of aromatic nitrogens is 2. The summed E-state index contributed by atoms with van der Waals surface area (Å²) in [4.78, 5) is 14.6. The van der Waals surface area contributed by atoms with E-state index in [1.54, 1.807) is 30.3 Å². The Morgan fingerprint density at radius 1 is 1.14 bits per heavy atom. The van der Waals surface area contributed by atoms with Gasteiger partial charge in [-0.2, -0.15) is 9.57 Å². The number of rotatable bonds is 7. The smallest absolute Gasteiger partial charge is 0.272 e. The topological polar surface area (TPSA) is 129 Å². The zero-order valence-electron chi connectivity index (χ0n) is 19.6. The molecule has 0 atom stereocenters. The Balaban J connectivity index is 1.24. The van der Waals surface area contributed by atoms with E-state index in [-0.39, 0.29) is 23.7 Å². The largest absolute Gasteiger partial charge is 0.490 e. The number of anilines is 1. The van der Waals surface area contributed by atoms with Gasteiger partial charge in [0.1, 0.15) is 11.8 Å². The molecule has 1 aromatic carbocycles. The van der Waals surface area contributed by atoms with E-state index in [1.807, 2.05) is 11.0 Å². The SMILES string of the molecule is C=CS(=O)(=O)N1CCN(c2ccc(C(=O)NC3CCC(Oc4ccc(C#N)c(Cl)c4)CC3)nn2)CC1. The average molecular weight is 531 g/mol. The van der Waals surface area contributed by atoms with Crippen molar-refractivity contribution in [2.24, 2.45) is 0 Å². The lowest BCUT2D eigenvalue weighted by molar-refractivity contribution is 0.0888. The summed E-state index contributed by atoms with van der Waals surface area (Å²) < 4.78 is 31.2. The van der Waals surface area contributed by atoms with Gasteiger partial charge < -0.3 is 15.0 Å². The summed E-state index contributed by atoms with van der Waals surface area (Å²) in [7, 11) is -3.43. The number of hydrogen-bond donors (Lipinski definition) is 1. The maximum Gasteiger partial charge on any atom is 0.272 e. The van der Waals surface area contributed by atoms with Gasteiger partial charge in [0.05, 0.1) is 16.7 Å². The number of benzene rings is 1. The molecular weight excluding hydrogens is 504 g/mol. The quantitative estimate of drug-likeness (QED) is 0.578. The number of carbonyl (C=O) groups excluding carboxylic acids is 1. The van der Waals surface area contributed by atoms with Crippen LogP contribution in [0.5, 0.6) is 5.75 Å². The standard InChI is InChI=1S/C24H27ClN6O4S/c1-2-36(33,34)31-13-11-30(12-14-31)23-10-9-22(28-29-23)24(32)27-18-4-7-19(8-5-18)35-20-6-3-17(16-26)21(25)15-20/h2-3,6,9-10,15,18-19H,1,4-5,7-8,11-14H2,(H,27,32). The highest BCUT2D eigenvalue weighted by molar-refractivity contribution is 7.92. The van der Waals surface area contributed by atoms with Crippen molar-refractivity contribution in [2.45, 2.75) is 37.8 Å². The Kier molecular flexibility index (Phi) is 8.08. The van der Waals surface area contributed by atoms with E-state index >= 15 is 0 Å². The van der Waals surface area contributed by atoms with Gasteiger partial charge in [-0.1, -0.05) is 18.2 Å². The van der Waals surface area contributed by atoms with Crippen molar-refractivity contribution in [3.8, 4) is 11.8 Å². The first-order chi connectivity index (χ1) is 17.3. The van der Waals surface area contributed by atoms with Gasteiger partial charge >= 0.3 is 0 Å². The molecule has 4 rings (SSSR count). The fourth-order valence-electron chi connectivity index (χ4n) is 4.33. The highest BCUT2D eigenvalue weighted by atomic mass is 35.5. The molecule has 1 saturated heterocycles. The first-order valence-electron chi connectivity index (χ1n) is 11.7. The second kappa shape index (κ2) is 11.2. The van der Waals surface area contributed by atoms with E-state index in [4.69, 9.17) is 21.6 Å². The van der Waals surface area contributed by atoms with Crippen LogP contribution in [-0.4, -0.2) is 67.2 Å². The molecule has 0 radical (unpaired) electrons. The molecule has 2 heterocycles. The van der Waals surface area contributed by atoms with Crippen LogP contribution in [0.3, 0.4) is 0 Å². The van der Waals surface area contributed by atoms with Gasteiger partial charge in [0.15, 0.2) is 11.5 Å². The number of halogens is 1. The van der Waals surface area contributed by atoms with Gasteiger partial charge in [0.2, 0.25) is 10.0 Å². The van der Waals surface area contributed by atoms with Crippen molar-refractivity contribution in [1.29, 1.82) is 5.26 Å². The number of nitriles is 1. The predicted octanol–water partition coefficient (Wildman–Crippen LogP) is 2.72. The number of hydrogen-bond acceptors (Lipinski definition) is 8. The van der Waals surface area contributed by atoms with Crippen molar-refractivity contribution in [3.05, 3.63) is 58.6 Å². The summed E-state index contributed by atoms with van der Waals surface area (Å²) in [6.07, 6.45) is 3.11.